The molecule has 0 bridgehead atoms. The molecular weight excluding hydrogens is 346 g/mol. The van der Waals surface area contributed by atoms with Gasteiger partial charge in [-0.1, -0.05) is 17.7 Å². The molecule has 0 unspecified atom stereocenters. The van der Waals surface area contributed by atoms with Crippen molar-refractivity contribution in [3.05, 3.63) is 59.1 Å². The normalized spacial score (nSPS) is 10.0. The van der Waals surface area contributed by atoms with Crippen molar-refractivity contribution in [1.82, 2.24) is 5.32 Å². The lowest BCUT2D eigenvalue weighted by Gasteiger charge is -2.09. The lowest BCUT2D eigenvalue weighted by molar-refractivity contribution is -0.143. The zero-order valence-electron chi connectivity index (χ0n) is 13.7. The topological polar surface area (TPSA) is 73.9 Å². The molecule has 0 aliphatic carbocycles. The third kappa shape index (κ3) is 6.35. The van der Waals surface area contributed by atoms with Gasteiger partial charge in [0, 0.05) is 10.6 Å². The maximum atomic E-state index is 11.9. The summed E-state index contributed by atoms with van der Waals surface area (Å²) in [6, 6.07) is 13.5. The molecule has 2 aromatic rings. The summed E-state index contributed by atoms with van der Waals surface area (Å²) in [4.78, 5) is 23.6. The highest BCUT2D eigenvalue weighted by molar-refractivity contribution is 6.30. The van der Waals surface area contributed by atoms with E-state index in [0.29, 0.717) is 22.1 Å². The second-order valence-corrected chi connectivity index (χ2v) is 5.37. The maximum absolute atomic E-state index is 11.9. The highest BCUT2D eigenvalue weighted by Crippen LogP contribution is 2.15. The molecule has 0 aromatic heterocycles. The van der Waals surface area contributed by atoms with Gasteiger partial charge in [0.2, 0.25) is 0 Å². The molecule has 1 N–H and O–H groups in total. The van der Waals surface area contributed by atoms with Crippen LogP contribution < -0.4 is 14.8 Å². The Kier molecular flexibility index (Phi) is 7.10. The molecule has 7 heteroatoms. The Labute approximate surface area is 150 Å². The van der Waals surface area contributed by atoms with Gasteiger partial charge in [-0.2, -0.15) is 0 Å². The quantitative estimate of drug-likeness (QED) is 0.576. The van der Waals surface area contributed by atoms with Crippen molar-refractivity contribution in [1.29, 1.82) is 0 Å². The van der Waals surface area contributed by atoms with Gasteiger partial charge in [-0.3, -0.25) is 9.59 Å². The molecule has 0 saturated carbocycles. The molecule has 2 rings (SSSR count). The number of amides is 1. The molecule has 6 nitrogen and oxygen atoms in total. The molecule has 0 aliphatic heterocycles. The molecule has 0 atom stereocenters. The summed E-state index contributed by atoms with van der Waals surface area (Å²) in [6.07, 6.45) is 0. The largest absolute Gasteiger partial charge is 0.497 e. The van der Waals surface area contributed by atoms with Gasteiger partial charge in [0.05, 0.1) is 7.11 Å². The van der Waals surface area contributed by atoms with E-state index in [-0.39, 0.29) is 25.7 Å². The molecule has 0 radical (unpaired) electrons. The first-order valence-electron chi connectivity index (χ1n) is 7.55. The lowest BCUT2D eigenvalue weighted by Crippen LogP contribution is -2.31. The number of carbonyl (C=O) groups is 2. The molecule has 0 heterocycles. The Bertz CT molecular complexity index is 718. The van der Waals surface area contributed by atoms with E-state index < -0.39 is 5.97 Å². The zero-order chi connectivity index (χ0) is 18.1. The van der Waals surface area contributed by atoms with E-state index in [4.69, 9.17) is 25.8 Å². The van der Waals surface area contributed by atoms with Crippen LogP contribution >= 0.6 is 11.6 Å². The summed E-state index contributed by atoms with van der Waals surface area (Å²) in [5, 5.41) is 3.11. The van der Waals surface area contributed by atoms with Crippen LogP contribution in [0.25, 0.3) is 0 Å². The summed E-state index contributed by atoms with van der Waals surface area (Å²) in [5.41, 5.74) is 0.401. The summed E-state index contributed by atoms with van der Waals surface area (Å²) >= 11 is 5.77. The number of ether oxygens (including phenoxy) is 3. The van der Waals surface area contributed by atoms with Crippen LogP contribution in [0.2, 0.25) is 5.02 Å². The number of nitrogens with one attached hydrogen (secondary N) is 1. The van der Waals surface area contributed by atoms with E-state index in [0.717, 1.165) is 0 Å². The average molecular weight is 364 g/mol. The van der Waals surface area contributed by atoms with Gasteiger partial charge < -0.3 is 19.5 Å². The minimum absolute atomic E-state index is 0.0799. The number of halogens is 1. The van der Waals surface area contributed by atoms with Crippen LogP contribution in [0.1, 0.15) is 10.4 Å². The Morgan fingerprint density at radius 1 is 1.04 bits per heavy atom. The first-order chi connectivity index (χ1) is 12.1. The number of carbonyl (C=O) groups excluding carboxylic acids is 2. The van der Waals surface area contributed by atoms with Gasteiger partial charge in [-0.05, 0) is 42.5 Å². The number of rotatable bonds is 8. The van der Waals surface area contributed by atoms with Gasteiger partial charge in [0.15, 0.2) is 0 Å². The second kappa shape index (κ2) is 9.54. The predicted octanol–water partition coefficient (Wildman–Crippen LogP) is 2.70. The number of esters is 1. The zero-order valence-corrected chi connectivity index (χ0v) is 14.4. The first kappa shape index (κ1) is 18.6. The molecule has 0 fully saturated rings. The van der Waals surface area contributed by atoms with Gasteiger partial charge >= 0.3 is 5.97 Å². The summed E-state index contributed by atoms with van der Waals surface area (Å²) in [7, 11) is 1.51. The van der Waals surface area contributed by atoms with Crippen LogP contribution in [0.5, 0.6) is 11.5 Å². The molecule has 132 valence electrons. The minimum atomic E-state index is -0.545. The SMILES string of the molecule is COc1cccc(C(=O)NCC(=O)OCCOc2ccc(Cl)cc2)c1. The molecule has 1 amide bonds. The van der Waals surface area contributed by atoms with Crippen LogP contribution in [0.3, 0.4) is 0 Å². The Morgan fingerprint density at radius 3 is 2.52 bits per heavy atom. The fraction of sp³-hybridized carbons (Fsp3) is 0.222. The minimum Gasteiger partial charge on any atom is -0.497 e. The van der Waals surface area contributed by atoms with Crippen LogP contribution in [-0.4, -0.2) is 38.7 Å². The monoisotopic (exact) mass is 363 g/mol. The van der Waals surface area contributed by atoms with Crippen molar-refractivity contribution in [2.45, 2.75) is 0 Å². The van der Waals surface area contributed by atoms with E-state index in [9.17, 15) is 9.59 Å². The number of hydrogen-bond acceptors (Lipinski definition) is 5. The molecule has 0 saturated heterocycles. The number of methoxy groups -OCH3 is 1. The Balaban J connectivity index is 1.66. The predicted molar refractivity (Wildman–Crippen MR) is 93.2 cm³/mol. The van der Waals surface area contributed by atoms with Gasteiger partial charge in [-0.15, -0.1) is 0 Å². The average Bonchev–Trinajstić information content (AvgIpc) is 2.64. The van der Waals surface area contributed by atoms with E-state index >= 15 is 0 Å². The molecule has 0 aliphatic rings. The standard InChI is InChI=1S/C18H18ClNO5/c1-23-16-4-2-3-13(11-16)18(22)20-12-17(21)25-10-9-24-15-7-5-14(19)6-8-15/h2-8,11H,9-10,12H2,1H3,(H,20,22). The van der Waals surface area contributed by atoms with E-state index in [1.54, 1.807) is 48.5 Å². The fourth-order valence-corrected chi connectivity index (χ4v) is 2.04. The van der Waals surface area contributed by atoms with Crippen LogP contribution in [-0.2, 0) is 9.53 Å². The van der Waals surface area contributed by atoms with Crippen LogP contribution in [0.15, 0.2) is 48.5 Å². The Morgan fingerprint density at radius 2 is 1.80 bits per heavy atom. The fourth-order valence-electron chi connectivity index (χ4n) is 1.92. The van der Waals surface area contributed by atoms with Gasteiger partial charge in [0.25, 0.3) is 5.91 Å². The third-order valence-electron chi connectivity index (χ3n) is 3.15. The first-order valence-corrected chi connectivity index (χ1v) is 7.92. The highest BCUT2D eigenvalue weighted by atomic mass is 35.5. The van der Waals surface area contributed by atoms with Crippen molar-refractivity contribution < 1.29 is 23.8 Å². The van der Waals surface area contributed by atoms with E-state index in [1.165, 1.54) is 7.11 Å². The van der Waals surface area contributed by atoms with Gasteiger partial charge in [-0.25, -0.2) is 0 Å². The lowest BCUT2D eigenvalue weighted by atomic mass is 10.2. The van der Waals surface area contributed by atoms with E-state index in [2.05, 4.69) is 5.32 Å². The third-order valence-corrected chi connectivity index (χ3v) is 3.41. The van der Waals surface area contributed by atoms with Gasteiger partial charge in [0.1, 0.15) is 31.3 Å². The van der Waals surface area contributed by atoms with Crippen molar-refractivity contribution in [3.8, 4) is 11.5 Å². The second-order valence-electron chi connectivity index (χ2n) is 4.94. The van der Waals surface area contributed by atoms with Crippen LogP contribution in [0, 0.1) is 0 Å². The van der Waals surface area contributed by atoms with Crippen molar-refractivity contribution >= 4 is 23.5 Å². The smallest absolute Gasteiger partial charge is 0.325 e. The summed E-state index contributed by atoms with van der Waals surface area (Å²) in [5.74, 6) is 0.269. The highest BCUT2D eigenvalue weighted by Gasteiger charge is 2.09. The van der Waals surface area contributed by atoms with Crippen molar-refractivity contribution in [2.24, 2.45) is 0 Å². The summed E-state index contributed by atoms with van der Waals surface area (Å²) < 4.78 is 15.4. The van der Waals surface area contributed by atoms with Crippen LogP contribution in [0.4, 0.5) is 0 Å². The van der Waals surface area contributed by atoms with Crippen molar-refractivity contribution in [3.63, 3.8) is 0 Å². The van der Waals surface area contributed by atoms with Crippen molar-refractivity contribution in [2.75, 3.05) is 26.9 Å². The molecule has 25 heavy (non-hydrogen) atoms. The molecule has 2 aromatic carbocycles. The van der Waals surface area contributed by atoms with E-state index in [1.807, 2.05) is 0 Å². The number of benzene rings is 2. The molecular formula is C18H18ClNO5. The maximum Gasteiger partial charge on any atom is 0.325 e. The Hall–Kier alpha value is -2.73. The summed E-state index contributed by atoms with van der Waals surface area (Å²) in [6.45, 7) is 0.0602. The number of hydrogen-bond donors (Lipinski definition) is 1. The molecule has 0 spiro atoms.